The highest BCUT2D eigenvalue weighted by molar-refractivity contribution is 5.85. The fourth-order valence-corrected chi connectivity index (χ4v) is 4.29. The van der Waals surface area contributed by atoms with Gasteiger partial charge in [-0.1, -0.05) is 68.0 Å². The number of rotatable bonds is 9. The Morgan fingerprint density at radius 1 is 1.18 bits per heavy atom. The molecule has 7 nitrogen and oxygen atoms in total. The van der Waals surface area contributed by atoms with Gasteiger partial charge in [0, 0.05) is 23.2 Å². The molecular weight excluding hydrogens is 430 g/mol. The van der Waals surface area contributed by atoms with Crippen LogP contribution in [0.4, 0.5) is 6.01 Å². The SMILES string of the molecule is CCCC(CNc1nc(-c2ccc(-c3cnco3)cc2)c(-c2cccc3c2C=CC3)o1)C(=O)O. The minimum absolute atomic E-state index is 0.250. The van der Waals surface area contributed by atoms with Crippen molar-refractivity contribution in [2.75, 3.05) is 11.9 Å². The van der Waals surface area contributed by atoms with E-state index in [9.17, 15) is 9.90 Å². The van der Waals surface area contributed by atoms with Gasteiger partial charge in [0.1, 0.15) is 5.69 Å². The van der Waals surface area contributed by atoms with Gasteiger partial charge in [0.15, 0.2) is 17.9 Å². The number of fused-ring (bicyclic) bond motifs is 1. The van der Waals surface area contributed by atoms with Gasteiger partial charge in [-0.3, -0.25) is 4.79 Å². The second-order valence-electron chi connectivity index (χ2n) is 8.33. The number of benzene rings is 2. The van der Waals surface area contributed by atoms with E-state index in [4.69, 9.17) is 13.8 Å². The van der Waals surface area contributed by atoms with Crippen LogP contribution in [0.1, 0.15) is 30.9 Å². The van der Waals surface area contributed by atoms with Crippen molar-refractivity contribution < 1.29 is 18.7 Å². The van der Waals surface area contributed by atoms with E-state index in [0.717, 1.165) is 35.1 Å². The standard InChI is InChI=1S/C27H25N3O4/c1-2-5-20(26(31)32)14-29-27-30-24(19-12-10-18(11-13-19)23-15-28-16-33-23)25(34-27)22-9-4-7-17-6-3-8-21(17)22/h3-4,7-13,15-16,20H,2,5-6,14H2,1H3,(H,29,30)(H,31,32). The first-order chi connectivity index (χ1) is 16.6. The van der Waals surface area contributed by atoms with Crippen LogP contribution in [-0.4, -0.2) is 27.6 Å². The predicted molar refractivity (Wildman–Crippen MR) is 130 cm³/mol. The smallest absolute Gasteiger partial charge is 0.308 e. The number of aliphatic carboxylic acids is 1. The van der Waals surface area contributed by atoms with Gasteiger partial charge in [0.2, 0.25) is 0 Å². The van der Waals surface area contributed by atoms with Crippen LogP contribution in [0.15, 0.2) is 70.0 Å². The normalized spacial score (nSPS) is 13.1. The fourth-order valence-electron chi connectivity index (χ4n) is 4.29. The van der Waals surface area contributed by atoms with E-state index in [1.807, 2.05) is 43.3 Å². The Labute approximate surface area is 197 Å². The highest BCUT2D eigenvalue weighted by Gasteiger charge is 2.23. The lowest BCUT2D eigenvalue weighted by Gasteiger charge is -2.10. The minimum atomic E-state index is -0.824. The molecule has 2 aromatic carbocycles. The summed E-state index contributed by atoms with van der Waals surface area (Å²) in [5.74, 6) is 0.0147. The maximum absolute atomic E-state index is 11.6. The molecule has 0 radical (unpaired) electrons. The largest absolute Gasteiger partial charge is 0.481 e. The van der Waals surface area contributed by atoms with Gasteiger partial charge in [-0.2, -0.15) is 4.98 Å². The molecule has 2 heterocycles. The third kappa shape index (κ3) is 4.24. The van der Waals surface area contributed by atoms with E-state index in [1.165, 1.54) is 12.0 Å². The number of carboxylic acids is 1. The fraction of sp³-hybridized carbons (Fsp3) is 0.222. The molecule has 34 heavy (non-hydrogen) atoms. The van der Waals surface area contributed by atoms with E-state index in [2.05, 4.69) is 28.5 Å². The highest BCUT2D eigenvalue weighted by Crippen LogP contribution is 2.39. The Balaban J connectivity index is 1.52. The molecule has 0 bridgehead atoms. The number of nitrogens with zero attached hydrogens (tertiary/aromatic N) is 2. The first-order valence-electron chi connectivity index (χ1n) is 11.4. The maximum Gasteiger partial charge on any atom is 0.308 e. The van der Waals surface area contributed by atoms with E-state index in [1.54, 1.807) is 6.20 Å². The summed E-state index contributed by atoms with van der Waals surface area (Å²) in [7, 11) is 0. The van der Waals surface area contributed by atoms with E-state index in [-0.39, 0.29) is 6.54 Å². The minimum Gasteiger partial charge on any atom is -0.481 e. The first-order valence-corrected chi connectivity index (χ1v) is 11.4. The van der Waals surface area contributed by atoms with Crippen molar-refractivity contribution in [3.63, 3.8) is 0 Å². The monoisotopic (exact) mass is 455 g/mol. The average Bonchev–Trinajstić information content (AvgIpc) is 3.62. The van der Waals surface area contributed by atoms with E-state index in [0.29, 0.717) is 29.6 Å². The predicted octanol–water partition coefficient (Wildman–Crippen LogP) is 6.15. The van der Waals surface area contributed by atoms with Crippen molar-refractivity contribution in [1.82, 2.24) is 9.97 Å². The molecule has 1 aliphatic rings. The summed E-state index contributed by atoms with van der Waals surface area (Å²) >= 11 is 0. The van der Waals surface area contributed by atoms with Gasteiger partial charge in [0.25, 0.3) is 6.01 Å². The Kier molecular flexibility index (Phi) is 5.99. The van der Waals surface area contributed by atoms with Crippen molar-refractivity contribution in [2.45, 2.75) is 26.2 Å². The molecule has 1 unspecified atom stereocenters. The summed E-state index contributed by atoms with van der Waals surface area (Å²) in [6.07, 6.45) is 9.60. The van der Waals surface area contributed by atoms with Crippen molar-refractivity contribution in [2.24, 2.45) is 5.92 Å². The molecule has 1 aliphatic carbocycles. The van der Waals surface area contributed by atoms with Crippen LogP contribution >= 0.6 is 0 Å². The van der Waals surface area contributed by atoms with E-state index < -0.39 is 11.9 Å². The summed E-state index contributed by atoms with van der Waals surface area (Å²) < 4.78 is 11.6. The first kappa shape index (κ1) is 21.7. The molecule has 5 rings (SSSR count). The average molecular weight is 456 g/mol. The molecular formula is C27H25N3O4. The number of carbonyl (C=O) groups is 1. The quantitative estimate of drug-likeness (QED) is 0.312. The molecule has 4 aromatic rings. The molecule has 0 saturated heterocycles. The molecule has 0 spiro atoms. The molecule has 0 aliphatic heterocycles. The summed E-state index contributed by atoms with van der Waals surface area (Å²) in [6.45, 7) is 2.23. The number of hydrogen-bond donors (Lipinski definition) is 2. The molecule has 172 valence electrons. The third-order valence-corrected chi connectivity index (χ3v) is 6.05. The number of nitrogens with one attached hydrogen (secondary N) is 1. The van der Waals surface area contributed by atoms with Crippen molar-refractivity contribution >= 4 is 18.1 Å². The van der Waals surface area contributed by atoms with Crippen molar-refractivity contribution in [1.29, 1.82) is 0 Å². The van der Waals surface area contributed by atoms with Crippen LogP contribution < -0.4 is 5.32 Å². The Hall–Kier alpha value is -4.13. The van der Waals surface area contributed by atoms with Crippen molar-refractivity contribution in [3.05, 3.63) is 72.3 Å². The zero-order valence-electron chi connectivity index (χ0n) is 18.8. The summed E-state index contributed by atoms with van der Waals surface area (Å²) in [5.41, 5.74) is 5.82. The number of aromatic nitrogens is 2. The molecule has 0 saturated carbocycles. The lowest BCUT2D eigenvalue weighted by molar-refractivity contribution is -0.141. The second kappa shape index (κ2) is 9.39. The van der Waals surface area contributed by atoms with Crippen LogP contribution in [-0.2, 0) is 11.2 Å². The van der Waals surface area contributed by atoms with E-state index >= 15 is 0 Å². The van der Waals surface area contributed by atoms with Crippen LogP contribution in [0.2, 0.25) is 0 Å². The molecule has 2 N–H and O–H groups in total. The Bertz CT molecular complexity index is 1320. The highest BCUT2D eigenvalue weighted by atomic mass is 16.4. The van der Waals surface area contributed by atoms with Gasteiger partial charge < -0.3 is 19.3 Å². The van der Waals surface area contributed by atoms with Crippen LogP contribution in [0.25, 0.3) is 40.0 Å². The lowest BCUT2D eigenvalue weighted by atomic mass is 9.98. The van der Waals surface area contributed by atoms with Crippen molar-refractivity contribution in [3.8, 4) is 33.9 Å². The molecule has 0 amide bonds. The zero-order valence-corrected chi connectivity index (χ0v) is 18.8. The number of hydrogen-bond acceptors (Lipinski definition) is 6. The number of oxazole rings is 2. The van der Waals surface area contributed by atoms with Crippen LogP contribution in [0.3, 0.4) is 0 Å². The number of allylic oxidation sites excluding steroid dienone is 1. The van der Waals surface area contributed by atoms with Gasteiger partial charge in [-0.05, 0) is 24.0 Å². The van der Waals surface area contributed by atoms with Crippen LogP contribution in [0.5, 0.6) is 0 Å². The van der Waals surface area contributed by atoms with Gasteiger partial charge in [0.05, 0.1) is 12.1 Å². The van der Waals surface area contributed by atoms with Gasteiger partial charge >= 0.3 is 5.97 Å². The number of anilines is 1. The summed E-state index contributed by atoms with van der Waals surface area (Å²) in [4.78, 5) is 20.3. The van der Waals surface area contributed by atoms with Gasteiger partial charge in [-0.25, -0.2) is 4.98 Å². The summed E-state index contributed by atoms with van der Waals surface area (Å²) in [5, 5.41) is 12.6. The molecule has 1 atom stereocenters. The third-order valence-electron chi connectivity index (χ3n) is 6.05. The molecule has 7 heteroatoms. The zero-order chi connectivity index (χ0) is 23.5. The lowest BCUT2D eigenvalue weighted by Crippen LogP contribution is -2.22. The Morgan fingerprint density at radius 2 is 2.00 bits per heavy atom. The topological polar surface area (TPSA) is 101 Å². The Morgan fingerprint density at radius 3 is 2.74 bits per heavy atom. The second-order valence-corrected chi connectivity index (χ2v) is 8.33. The van der Waals surface area contributed by atoms with Crippen LogP contribution in [0, 0.1) is 5.92 Å². The maximum atomic E-state index is 11.6. The molecule has 0 fully saturated rings. The summed E-state index contributed by atoms with van der Waals surface area (Å²) in [6, 6.07) is 14.3. The van der Waals surface area contributed by atoms with Gasteiger partial charge in [-0.15, -0.1) is 0 Å². The molecule has 2 aromatic heterocycles. The number of carboxylic acid groups (broad SMARTS) is 1.